The van der Waals surface area contributed by atoms with Crippen molar-refractivity contribution in [2.75, 3.05) is 0 Å². The SMILES string of the molecule is [N-]=[N+]=Nc1ccccc1C(O)(C(F)(F)F)C(F)(F)F. The molecule has 19 heavy (non-hydrogen) atoms. The molecular formula is C9H5F6N3O. The summed E-state index contributed by atoms with van der Waals surface area (Å²) in [5, 5.41) is 11.9. The van der Waals surface area contributed by atoms with Crippen molar-refractivity contribution in [3.8, 4) is 0 Å². The van der Waals surface area contributed by atoms with E-state index in [1.165, 1.54) is 0 Å². The third kappa shape index (κ3) is 2.45. The Morgan fingerprint density at radius 3 is 1.89 bits per heavy atom. The lowest BCUT2D eigenvalue weighted by molar-refractivity contribution is -0.376. The average Bonchev–Trinajstić information content (AvgIpc) is 2.26. The van der Waals surface area contributed by atoms with E-state index in [0.29, 0.717) is 6.07 Å². The largest absolute Gasteiger partial charge is 0.430 e. The quantitative estimate of drug-likeness (QED) is 0.380. The molecule has 1 N–H and O–H groups in total. The van der Waals surface area contributed by atoms with E-state index in [9.17, 15) is 26.3 Å². The molecule has 0 heterocycles. The van der Waals surface area contributed by atoms with Gasteiger partial charge in [0, 0.05) is 16.2 Å². The van der Waals surface area contributed by atoms with Crippen molar-refractivity contribution in [1.82, 2.24) is 0 Å². The second-order valence-corrected chi connectivity index (χ2v) is 3.41. The normalized spacial score (nSPS) is 13.0. The van der Waals surface area contributed by atoms with Crippen LogP contribution in [0.25, 0.3) is 10.4 Å². The molecule has 0 radical (unpaired) electrons. The van der Waals surface area contributed by atoms with E-state index in [4.69, 9.17) is 10.6 Å². The number of rotatable bonds is 2. The highest BCUT2D eigenvalue weighted by atomic mass is 19.4. The summed E-state index contributed by atoms with van der Waals surface area (Å²) in [5.41, 5.74) is 0.491. The molecule has 0 bridgehead atoms. The monoisotopic (exact) mass is 285 g/mol. The zero-order valence-electron chi connectivity index (χ0n) is 8.87. The molecule has 0 unspecified atom stereocenters. The maximum Gasteiger partial charge on any atom is 0.430 e. The summed E-state index contributed by atoms with van der Waals surface area (Å²) in [6, 6.07) is 3.05. The maximum absolute atomic E-state index is 12.6. The Morgan fingerprint density at radius 2 is 1.47 bits per heavy atom. The van der Waals surface area contributed by atoms with E-state index in [1.807, 2.05) is 0 Å². The van der Waals surface area contributed by atoms with Gasteiger partial charge in [0.15, 0.2) is 0 Å². The molecule has 0 saturated heterocycles. The third-order valence-electron chi connectivity index (χ3n) is 2.27. The first kappa shape index (κ1) is 15.1. The highest BCUT2D eigenvalue weighted by molar-refractivity contribution is 5.50. The maximum atomic E-state index is 12.6. The Kier molecular flexibility index (Phi) is 3.69. The average molecular weight is 285 g/mol. The van der Waals surface area contributed by atoms with Crippen LogP contribution >= 0.6 is 0 Å². The van der Waals surface area contributed by atoms with Gasteiger partial charge in [-0.05, 0) is 5.53 Å². The summed E-state index contributed by atoms with van der Waals surface area (Å²) in [5.74, 6) is 0. The summed E-state index contributed by atoms with van der Waals surface area (Å²) in [6.45, 7) is 0. The molecule has 0 aliphatic rings. The molecule has 0 saturated carbocycles. The minimum Gasteiger partial charge on any atom is -0.369 e. The molecule has 0 atom stereocenters. The Morgan fingerprint density at radius 1 is 1.00 bits per heavy atom. The van der Waals surface area contributed by atoms with Gasteiger partial charge < -0.3 is 5.11 Å². The minimum absolute atomic E-state index is 0.394. The lowest BCUT2D eigenvalue weighted by atomic mass is 9.91. The molecule has 0 fully saturated rings. The highest BCUT2D eigenvalue weighted by Crippen LogP contribution is 2.52. The van der Waals surface area contributed by atoms with Gasteiger partial charge in [-0.1, -0.05) is 29.4 Å². The van der Waals surface area contributed by atoms with Gasteiger partial charge in [0.05, 0.1) is 0 Å². The number of nitrogens with zero attached hydrogens (tertiary/aromatic N) is 3. The summed E-state index contributed by atoms with van der Waals surface area (Å²) >= 11 is 0. The first-order chi connectivity index (χ1) is 8.55. The molecule has 0 aliphatic carbocycles. The number of benzene rings is 1. The van der Waals surface area contributed by atoms with Crippen LogP contribution in [0.3, 0.4) is 0 Å². The van der Waals surface area contributed by atoms with Crippen molar-refractivity contribution in [3.05, 3.63) is 40.3 Å². The third-order valence-corrected chi connectivity index (χ3v) is 2.27. The van der Waals surface area contributed by atoms with Crippen molar-refractivity contribution >= 4 is 5.69 Å². The zero-order valence-corrected chi connectivity index (χ0v) is 8.87. The Balaban J connectivity index is 3.66. The number of alkyl halides is 6. The molecule has 10 heteroatoms. The molecule has 0 aromatic heterocycles. The van der Waals surface area contributed by atoms with Crippen molar-refractivity contribution in [2.45, 2.75) is 18.0 Å². The van der Waals surface area contributed by atoms with Gasteiger partial charge in [-0.25, -0.2) is 0 Å². The lowest BCUT2D eigenvalue weighted by Crippen LogP contribution is -2.53. The summed E-state index contributed by atoms with van der Waals surface area (Å²) < 4.78 is 75.6. The van der Waals surface area contributed by atoms with E-state index < -0.39 is 29.2 Å². The van der Waals surface area contributed by atoms with Crippen LogP contribution in [0.4, 0.5) is 32.0 Å². The Bertz CT molecular complexity index is 503. The van der Waals surface area contributed by atoms with Crippen LogP contribution in [0.1, 0.15) is 5.56 Å². The number of aliphatic hydroxyl groups is 1. The van der Waals surface area contributed by atoms with Crippen molar-refractivity contribution < 1.29 is 31.4 Å². The van der Waals surface area contributed by atoms with E-state index in [-0.39, 0.29) is 0 Å². The lowest BCUT2D eigenvalue weighted by Gasteiger charge is -2.33. The number of hydrogen-bond acceptors (Lipinski definition) is 2. The standard InChI is InChI=1S/C9H5F6N3O/c10-8(11,12)7(19,9(13,14)15)5-3-1-2-4-6(5)17-18-16/h1-4,19H. The first-order valence-corrected chi connectivity index (χ1v) is 4.56. The van der Waals surface area contributed by atoms with Crippen LogP contribution < -0.4 is 0 Å². The fourth-order valence-electron chi connectivity index (χ4n) is 1.38. The van der Waals surface area contributed by atoms with Gasteiger partial charge >= 0.3 is 12.4 Å². The number of azide groups is 1. The summed E-state index contributed by atoms with van der Waals surface area (Å²) in [6.07, 6.45) is -12.0. The van der Waals surface area contributed by atoms with Crippen LogP contribution in [0.15, 0.2) is 29.4 Å². The van der Waals surface area contributed by atoms with Gasteiger partial charge in [-0.3, -0.25) is 0 Å². The van der Waals surface area contributed by atoms with Crippen LogP contribution in [-0.2, 0) is 5.60 Å². The predicted octanol–water partition coefficient (Wildman–Crippen LogP) is 3.94. The molecule has 0 aliphatic heterocycles. The highest BCUT2D eigenvalue weighted by Gasteiger charge is 2.71. The second-order valence-electron chi connectivity index (χ2n) is 3.41. The topological polar surface area (TPSA) is 69.0 Å². The minimum atomic E-state index is -6.02. The van der Waals surface area contributed by atoms with Gasteiger partial charge in [0.2, 0.25) is 0 Å². The van der Waals surface area contributed by atoms with E-state index in [2.05, 4.69) is 10.0 Å². The van der Waals surface area contributed by atoms with Gasteiger partial charge in [-0.2, -0.15) is 26.3 Å². The van der Waals surface area contributed by atoms with Crippen molar-refractivity contribution in [2.24, 2.45) is 5.11 Å². The number of hydrogen-bond donors (Lipinski definition) is 1. The van der Waals surface area contributed by atoms with E-state index in [0.717, 1.165) is 18.2 Å². The number of halogens is 6. The van der Waals surface area contributed by atoms with Gasteiger partial charge in [-0.15, -0.1) is 0 Å². The van der Waals surface area contributed by atoms with E-state index in [1.54, 1.807) is 0 Å². The molecule has 104 valence electrons. The van der Waals surface area contributed by atoms with E-state index >= 15 is 0 Å². The molecular weight excluding hydrogens is 280 g/mol. The summed E-state index contributed by atoms with van der Waals surface area (Å²) in [4.78, 5) is 2.12. The zero-order chi connectivity index (χ0) is 14.9. The second kappa shape index (κ2) is 4.63. The molecule has 0 amide bonds. The first-order valence-electron chi connectivity index (χ1n) is 4.56. The molecule has 0 spiro atoms. The Hall–Kier alpha value is -1.93. The van der Waals surface area contributed by atoms with Crippen molar-refractivity contribution in [3.63, 3.8) is 0 Å². The Labute approximate surface area is 101 Å². The fourth-order valence-corrected chi connectivity index (χ4v) is 1.38. The molecule has 4 nitrogen and oxygen atoms in total. The predicted molar refractivity (Wildman–Crippen MR) is 51.3 cm³/mol. The smallest absolute Gasteiger partial charge is 0.369 e. The summed E-state index contributed by atoms with van der Waals surface area (Å²) in [7, 11) is 0. The van der Waals surface area contributed by atoms with Gasteiger partial charge in [0.25, 0.3) is 5.60 Å². The molecule has 1 rings (SSSR count). The molecule has 1 aromatic rings. The van der Waals surface area contributed by atoms with Crippen LogP contribution in [0.5, 0.6) is 0 Å². The molecule has 1 aromatic carbocycles. The van der Waals surface area contributed by atoms with Crippen LogP contribution in [0, 0.1) is 0 Å². The van der Waals surface area contributed by atoms with Crippen LogP contribution in [-0.4, -0.2) is 17.5 Å². The van der Waals surface area contributed by atoms with Crippen molar-refractivity contribution in [1.29, 1.82) is 0 Å². The van der Waals surface area contributed by atoms with Crippen LogP contribution in [0.2, 0.25) is 0 Å². The fraction of sp³-hybridized carbons (Fsp3) is 0.333. The van der Waals surface area contributed by atoms with Gasteiger partial charge in [0.1, 0.15) is 0 Å².